The summed E-state index contributed by atoms with van der Waals surface area (Å²) in [7, 11) is 0. The molecule has 1 amide bonds. The zero-order valence-electron chi connectivity index (χ0n) is 19.5. The second-order valence-electron chi connectivity index (χ2n) is 8.03. The van der Waals surface area contributed by atoms with Gasteiger partial charge < -0.3 is 30.7 Å². The van der Waals surface area contributed by atoms with E-state index in [0.717, 1.165) is 10.6 Å². The fraction of sp³-hybridized carbons (Fsp3) is 0.409. The number of nitrogens with two attached hydrogens (primary N) is 1. The summed E-state index contributed by atoms with van der Waals surface area (Å²) in [6, 6.07) is 3.84. The van der Waals surface area contributed by atoms with Crippen molar-refractivity contribution in [3.63, 3.8) is 0 Å². The zero-order chi connectivity index (χ0) is 28.0. The third-order valence-electron chi connectivity index (χ3n) is 5.38. The van der Waals surface area contributed by atoms with Crippen molar-refractivity contribution in [2.75, 3.05) is 18.9 Å². The van der Waals surface area contributed by atoms with Crippen molar-refractivity contribution in [2.45, 2.75) is 44.2 Å². The molecule has 2 heterocycles. The quantitative estimate of drug-likeness (QED) is 0.203. The van der Waals surface area contributed by atoms with Gasteiger partial charge in [0.05, 0.1) is 43.0 Å². The Kier molecular flexibility index (Phi) is 9.01. The molecule has 1 aliphatic heterocycles. The minimum absolute atomic E-state index is 0.0349. The number of nitro groups is 1. The number of alkyl halides is 3. The highest BCUT2D eigenvalue weighted by molar-refractivity contribution is 5.81. The van der Waals surface area contributed by atoms with Crippen molar-refractivity contribution in [3.8, 4) is 11.8 Å². The van der Waals surface area contributed by atoms with E-state index in [1.165, 1.54) is 18.3 Å². The lowest BCUT2D eigenvalue weighted by Crippen LogP contribution is -2.36. The lowest BCUT2D eigenvalue weighted by molar-refractivity contribution is -0.386. The van der Waals surface area contributed by atoms with Crippen LogP contribution in [0.5, 0.6) is 0 Å². The second kappa shape index (κ2) is 12.0. The molecule has 16 heteroatoms. The van der Waals surface area contributed by atoms with Crippen molar-refractivity contribution in [2.24, 2.45) is 0 Å². The first-order chi connectivity index (χ1) is 17.9. The van der Waals surface area contributed by atoms with Gasteiger partial charge in [0.15, 0.2) is 0 Å². The number of rotatable bonds is 8. The van der Waals surface area contributed by atoms with E-state index >= 15 is 0 Å². The van der Waals surface area contributed by atoms with E-state index in [1.807, 2.05) is 0 Å². The number of ether oxygens (including phenoxy) is 2. The first-order valence-corrected chi connectivity index (χ1v) is 10.9. The van der Waals surface area contributed by atoms with Crippen LogP contribution in [-0.2, 0) is 27.5 Å². The number of nitro benzene ring substituents is 1. The number of aromatic nitrogens is 2. The zero-order valence-corrected chi connectivity index (χ0v) is 19.5. The molecule has 5 N–H and O–H groups in total. The monoisotopic (exact) mass is 541 g/mol. The van der Waals surface area contributed by atoms with E-state index in [9.17, 15) is 43.1 Å². The number of carbonyl (C=O) groups excluding carboxylic acids is 1. The summed E-state index contributed by atoms with van der Waals surface area (Å²) in [6.45, 7) is -1.51. The molecule has 204 valence electrons. The van der Waals surface area contributed by atoms with Crippen molar-refractivity contribution < 1.29 is 42.6 Å². The lowest BCUT2D eigenvalue weighted by atomic mass is 10.1. The molecule has 1 aliphatic rings. The Balaban J connectivity index is 1.67. The highest BCUT2D eigenvalue weighted by Gasteiger charge is 2.38. The SMILES string of the molecule is Nc1nc(=O)n(C2C[C@@H](O)C(CO)O2)cc1COCc1ccc(C#CCNC(=O)C(F)(F)F)cc1[N+](=O)[O-]. The lowest BCUT2D eigenvalue weighted by Gasteiger charge is -2.16. The van der Waals surface area contributed by atoms with Gasteiger partial charge in [-0.1, -0.05) is 11.8 Å². The topological polar surface area (TPSA) is 192 Å². The average Bonchev–Trinajstić information content (AvgIpc) is 3.23. The van der Waals surface area contributed by atoms with E-state index in [1.54, 1.807) is 5.32 Å². The molecule has 2 unspecified atom stereocenters. The van der Waals surface area contributed by atoms with Gasteiger partial charge in [0.25, 0.3) is 5.69 Å². The molecule has 1 aromatic heterocycles. The Morgan fingerprint density at radius 2 is 2.08 bits per heavy atom. The summed E-state index contributed by atoms with van der Waals surface area (Å²) >= 11 is 0. The highest BCUT2D eigenvalue weighted by Crippen LogP contribution is 2.28. The van der Waals surface area contributed by atoms with Crippen molar-refractivity contribution in [1.82, 2.24) is 14.9 Å². The first kappa shape index (κ1) is 28.5. The molecule has 1 fully saturated rings. The van der Waals surface area contributed by atoms with E-state index in [0.29, 0.717) is 0 Å². The van der Waals surface area contributed by atoms with E-state index in [-0.39, 0.29) is 47.8 Å². The van der Waals surface area contributed by atoms with E-state index < -0.39 is 54.3 Å². The van der Waals surface area contributed by atoms with Gasteiger partial charge in [-0.05, 0) is 12.1 Å². The van der Waals surface area contributed by atoms with Crippen LogP contribution < -0.4 is 16.7 Å². The fourth-order valence-corrected chi connectivity index (χ4v) is 3.47. The van der Waals surface area contributed by atoms with Gasteiger partial charge >= 0.3 is 17.8 Å². The smallest absolute Gasteiger partial charge is 0.394 e. The number of halogens is 3. The molecule has 3 rings (SSSR count). The van der Waals surface area contributed by atoms with Crippen LogP contribution in [-0.4, -0.2) is 62.1 Å². The Morgan fingerprint density at radius 3 is 2.71 bits per heavy atom. The number of anilines is 1. The minimum atomic E-state index is -5.05. The Hall–Kier alpha value is -4.04. The van der Waals surface area contributed by atoms with Gasteiger partial charge in [-0.15, -0.1) is 0 Å². The van der Waals surface area contributed by atoms with Crippen LogP contribution in [0.1, 0.15) is 29.3 Å². The highest BCUT2D eigenvalue weighted by atomic mass is 19.4. The van der Waals surface area contributed by atoms with Gasteiger partial charge in [0.2, 0.25) is 0 Å². The molecular weight excluding hydrogens is 519 g/mol. The third kappa shape index (κ3) is 7.04. The molecule has 3 atom stereocenters. The van der Waals surface area contributed by atoms with Crippen LogP contribution in [0.3, 0.4) is 0 Å². The van der Waals surface area contributed by atoms with Crippen LogP contribution in [0.25, 0.3) is 0 Å². The van der Waals surface area contributed by atoms with Crippen LogP contribution >= 0.6 is 0 Å². The predicted molar refractivity (Wildman–Crippen MR) is 122 cm³/mol. The van der Waals surface area contributed by atoms with Gasteiger partial charge in [-0.2, -0.15) is 18.2 Å². The van der Waals surface area contributed by atoms with Crippen LogP contribution in [0, 0.1) is 22.0 Å². The minimum Gasteiger partial charge on any atom is -0.394 e. The van der Waals surface area contributed by atoms with Crippen molar-refractivity contribution in [3.05, 3.63) is 61.7 Å². The summed E-state index contributed by atoms with van der Waals surface area (Å²) in [5.41, 5.74) is 5.24. The standard InChI is InChI=1S/C22H22F3N5O8/c23-22(24,25)20(33)27-5-1-2-12-3-4-13(15(6-12)30(35)36)10-37-11-14-8-29(21(34)28-19(14)26)18-7-16(32)17(9-31)38-18/h3-4,6,8,16-18,31-32H,5,7,9-11H2,(H,27,33)(H2,26,28,34)/t16-,17?,18?/m1/s1. The van der Waals surface area contributed by atoms with Crippen LogP contribution in [0.15, 0.2) is 29.2 Å². The van der Waals surface area contributed by atoms with Crippen molar-refractivity contribution in [1.29, 1.82) is 0 Å². The summed E-state index contributed by atoms with van der Waals surface area (Å²) in [5.74, 6) is 2.42. The van der Waals surface area contributed by atoms with Crippen LogP contribution in [0.2, 0.25) is 0 Å². The molecule has 0 radical (unpaired) electrons. The normalized spacial score (nSPS) is 19.0. The van der Waals surface area contributed by atoms with E-state index in [4.69, 9.17) is 15.2 Å². The number of aliphatic hydroxyl groups is 2. The predicted octanol–water partition coefficient (Wildman–Crippen LogP) is 0.121. The summed E-state index contributed by atoms with van der Waals surface area (Å²) in [6.07, 6.45) is -6.43. The maximum Gasteiger partial charge on any atom is 0.471 e. The first-order valence-electron chi connectivity index (χ1n) is 10.9. The number of nitrogen functional groups attached to an aromatic ring is 1. The molecule has 13 nitrogen and oxygen atoms in total. The average molecular weight is 541 g/mol. The summed E-state index contributed by atoms with van der Waals surface area (Å²) < 4.78 is 48.6. The van der Waals surface area contributed by atoms with Gasteiger partial charge in [-0.25, -0.2) is 4.79 Å². The number of carbonyl (C=O) groups is 1. The van der Waals surface area contributed by atoms with Gasteiger partial charge in [0.1, 0.15) is 18.1 Å². The Bertz CT molecular complexity index is 1320. The molecule has 1 saturated heterocycles. The number of aliphatic hydroxyl groups excluding tert-OH is 2. The van der Waals surface area contributed by atoms with Crippen LogP contribution in [0.4, 0.5) is 24.7 Å². The number of benzene rings is 1. The maximum atomic E-state index is 12.2. The molecule has 1 aromatic carbocycles. The molecule has 0 spiro atoms. The van der Waals surface area contributed by atoms with E-state index in [2.05, 4.69) is 16.8 Å². The van der Waals surface area contributed by atoms with Crippen molar-refractivity contribution >= 4 is 17.4 Å². The molecule has 2 aromatic rings. The number of hydrogen-bond donors (Lipinski definition) is 4. The third-order valence-corrected chi connectivity index (χ3v) is 5.38. The maximum absolute atomic E-state index is 12.2. The molecule has 38 heavy (non-hydrogen) atoms. The molecule has 0 saturated carbocycles. The second-order valence-corrected chi connectivity index (χ2v) is 8.03. The number of nitrogens with zero attached hydrogens (tertiary/aromatic N) is 3. The molecular formula is C22H22F3N5O8. The summed E-state index contributed by atoms with van der Waals surface area (Å²) in [5, 5.41) is 32.2. The van der Waals surface area contributed by atoms with Gasteiger partial charge in [-0.3, -0.25) is 19.5 Å². The van der Waals surface area contributed by atoms with Gasteiger partial charge in [0, 0.05) is 29.8 Å². The summed E-state index contributed by atoms with van der Waals surface area (Å²) in [4.78, 5) is 37.5. The number of nitrogens with one attached hydrogen (secondary N) is 1. The molecule has 0 aliphatic carbocycles. The number of amides is 1. The molecule has 0 bridgehead atoms. The number of hydrogen-bond acceptors (Lipinski definition) is 10. The Labute approximate surface area is 212 Å². The fourth-order valence-electron chi connectivity index (χ4n) is 3.47. The largest absolute Gasteiger partial charge is 0.471 e. The Morgan fingerprint density at radius 1 is 1.37 bits per heavy atom.